The third kappa shape index (κ3) is 5.47. The Labute approximate surface area is 156 Å². The highest BCUT2D eigenvalue weighted by atomic mass is 79.9. The maximum absolute atomic E-state index is 12.1. The van der Waals surface area contributed by atoms with Gasteiger partial charge in [-0.15, -0.1) is 0 Å². The van der Waals surface area contributed by atoms with Crippen molar-refractivity contribution < 1.29 is 19.4 Å². The fraction of sp³-hybridized carbons (Fsp3) is 0.316. The van der Waals surface area contributed by atoms with Crippen molar-refractivity contribution in [3.8, 4) is 11.5 Å². The molecular formula is C19H22BrNO4. The number of halogens is 1. The number of carbonyl (C=O) groups excluding carboxylic acids is 1. The lowest BCUT2D eigenvalue weighted by Crippen LogP contribution is -2.27. The van der Waals surface area contributed by atoms with Crippen LogP contribution in [-0.2, 0) is 24.2 Å². The predicted octanol–water partition coefficient (Wildman–Crippen LogP) is 2.86. The zero-order valence-electron chi connectivity index (χ0n) is 14.3. The summed E-state index contributed by atoms with van der Waals surface area (Å²) in [6.07, 6.45) is 0.943. The standard InChI is InChI=1S/C19H22BrNO4/c1-24-17-6-5-16(20)11-14(17)7-8-21-19(23)10-13-3-4-15(12-22)18(9-13)25-2/h3-6,9,11,22H,7-8,10,12H2,1-2H3,(H,21,23). The van der Waals surface area contributed by atoms with Crippen LogP contribution >= 0.6 is 15.9 Å². The van der Waals surface area contributed by atoms with Crippen LogP contribution in [0.15, 0.2) is 40.9 Å². The predicted molar refractivity (Wildman–Crippen MR) is 100 cm³/mol. The van der Waals surface area contributed by atoms with Crippen molar-refractivity contribution in [3.05, 3.63) is 57.6 Å². The van der Waals surface area contributed by atoms with Crippen LogP contribution in [0.5, 0.6) is 11.5 Å². The van der Waals surface area contributed by atoms with Gasteiger partial charge in [-0.1, -0.05) is 28.1 Å². The Kier molecular flexibility index (Phi) is 7.28. The van der Waals surface area contributed by atoms with Gasteiger partial charge in [0.05, 0.1) is 27.2 Å². The molecule has 0 fully saturated rings. The molecule has 25 heavy (non-hydrogen) atoms. The van der Waals surface area contributed by atoms with Crippen LogP contribution in [0.1, 0.15) is 16.7 Å². The molecule has 0 aromatic heterocycles. The minimum Gasteiger partial charge on any atom is -0.496 e. The van der Waals surface area contributed by atoms with Crippen LogP contribution in [0.25, 0.3) is 0 Å². The Morgan fingerprint density at radius 1 is 1.08 bits per heavy atom. The number of rotatable bonds is 8. The fourth-order valence-electron chi connectivity index (χ4n) is 2.56. The molecule has 6 heteroatoms. The summed E-state index contributed by atoms with van der Waals surface area (Å²) in [5.41, 5.74) is 2.58. The molecule has 0 spiro atoms. The molecule has 5 nitrogen and oxygen atoms in total. The Morgan fingerprint density at radius 3 is 2.52 bits per heavy atom. The SMILES string of the molecule is COc1cc(CC(=O)NCCc2cc(Br)ccc2OC)ccc1CO. The Morgan fingerprint density at radius 2 is 1.84 bits per heavy atom. The van der Waals surface area contributed by atoms with E-state index in [-0.39, 0.29) is 18.9 Å². The van der Waals surface area contributed by atoms with Gasteiger partial charge in [0, 0.05) is 16.6 Å². The van der Waals surface area contributed by atoms with Crippen molar-refractivity contribution in [3.63, 3.8) is 0 Å². The smallest absolute Gasteiger partial charge is 0.224 e. The van der Waals surface area contributed by atoms with Crippen LogP contribution in [0.3, 0.4) is 0 Å². The summed E-state index contributed by atoms with van der Waals surface area (Å²) in [4.78, 5) is 12.1. The number of ether oxygens (including phenoxy) is 2. The molecule has 0 atom stereocenters. The first-order valence-corrected chi connectivity index (χ1v) is 8.72. The molecule has 0 bridgehead atoms. The van der Waals surface area contributed by atoms with E-state index < -0.39 is 0 Å². The van der Waals surface area contributed by atoms with Gasteiger partial charge in [-0.05, 0) is 41.8 Å². The Balaban J connectivity index is 1.90. The zero-order valence-corrected chi connectivity index (χ0v) is 15.9. The Hall–Kier alpha value is -2.05. The normalized spacial score (nSPS) is 10.4. The molecule has 1 amide bonds. The van der Waals surface area contributed by atoms with Gasteiger partial charge in [0.1, 0.15) is 11.5 Å². The van der Waals surface area contributed by atoms with E-state index in [1.54, 1.807) is 26.4 Å². The van der Waals surface area contributed by atoms with Gasteiger partial charge in [-0.25, -0.2) is 0 Å². The maximum atomic E-state index is 12.1. The summed E-state index contributed by atoms with van der Waals surface area (Å²) in [7, 11) is 3.18. The summed E-state index contributed by atoms with van der Waals surface area (Å²) in [6.45, 7) is 0.432. The number of benzene rings is 2. The number of hydrogen-bond acceptors (Lipinski definition) is 4. The van der Waals surface area contributed by atoms with E-state index in [1.807, 2.05) is 24.3 Å². The number of methoxy groups -OCH3 is 2. The van der Waals surface area contributed by atoms with Gasteiger partial charge in [0.2, 0.25) is 5.91 Å². The first-order chi connectivity index (χ1) is 12.1. The third-order valence-corrected chi connectivity index (χ3v) is 4.34. The largest absolute Gasteiger partial charge is 0.496 e. The molecule has 2 aromatic carbocycles. The molecular weight excluding hydrogens is 386 g/mol. The molecule has 2 N–H and O–H groups in total. The van der Waals surface area contributed by atoms with E-state index >= 15 is 0 Å². The summed E-state index contributed by atoms with van der Waals surface area (Å²) >= 11 is 3.44. The van der Waals surface area contributed by atoms with Crippen molar-refractivity contribution in [2.75, 3.05) is 20.8 Å². The highest BCUT2D eigenvalue weighted by Gasteiger charge is 2.09. The molecule has 2 aromatic rings. The Bertz CT molecular complexity index is 733. The zero-order chi connectivity index (χ0) is 18.2. The van der Waals surface area contributed by atoms with Crippen LogP contribution in [0.4, 0.5) is 0 Å². The molecule has 134 valence electrons. The lowest BCUT2D eigenvalue weighted by Gasteiger charge is -2.11. The highest BCUT2D eigenvalue weighted by molar-refractivity contribution is 9.10. The molecule has 2 rings (SSSR count). The van der Waals surface area contributed by atoms with Crippen molar-refractivity contribution in [2.45, 2.75) is 19.4 Å². The van der Waals surface area contributed by atoms with E-state index in [1.165, 1.54) is 0 Å². The average Bonchev–Trinajstić information content (AvgIpc) is 2.61. The minimum atomic E-state index is -0.0931. The van der Waals surface area contributed by atoms with Crippen LogP contribution in [0, 0.1) is 0 Å². The fourth-order valence-corrected chi connectivity index (χ4v) is 2.97. The number of nitrogens with one attached hydrogen (secondary N) is 1. The topological polar surface area (TPSA) is 67.8 Å². The monoisotopic (exact) mass is 407 g/mol. The van der Waals surface area contributed by atoms with Gasteiger partial charge in [-0.3, -0.25) is 4.79 Å². The quantitative estimate of drug-likeness (QED) is 0.705. The van der Waals surface area contributed by atoms with Crippen LogP contribution in [-0.4, -0.2) is 31.8 Å². The van der Waals surface area contributed by atoms with Crippen molar-refractivity contribution >= 4 is 21.8 Å². The summed E-state index contributed by atoms with van der Waals surface area (Å²) in [5, 5.41) is 12.2. The third-order valence-electron chi connectivity index (χ3n) is 3.85. The summed E-state index contributed by atoms with van der Waals surface area (Å²) in [6, 6.07) is 11.2. The molecule has 0 aliphatic heterocycles. The van der Waals surface area contributed by atoms with Gasteiger partial charge in [0.25, 0.3) is 0 Å². The van der Waals surface area contributed by atoms with Gasteiger partial charge < -0.3 is 19.9 Å². The minimum absolute atomic E-state index is 0.0623. The van der Waals surface area contributed by atoms with Crippen LogP contribution < -0.4 is 14.8 Å². The number of amides is 1. The molecule has 0 aliphatic carbocycles. The molecule has 0 saturated heterocycles. The molecule has 0 aliphatic rings. The lowest BCUT2D eigenvalue weighted by molar-refractivity contribution is -0.120. The van der Waals surface area contributed by atoms with E-state index in [0.717, 1.165) is 21.3 Å². The highest BCUT2D eigenvalue weighted by Crippen LogP contribution is 2.23. The van der Waals surface area contributed by atoms with Crippen molar-refractivity contribution in [1.82, 2.24) is 5.32 Å². The molecule has 0 radical (unpaired) electrons. The average molecular weight is 408 g/mol. The van der Waals surface area contributed by atoms with E-state index in [9.17, 15) is 9.90 Å². The second kappa shape index (κ2) is 9.44. The van der Waals surface area contributed by atoms with E-state index in [0.29, 0.717) is 24.3 Å². The number of carbonyl (C=O) groups is 1. The lowest BCUT2D eigenvalue weighted by atomic mass is 10.1. The number of hydrogen-bond donors (Lipinski definition) is 2. The number of aliphatic hydroxyl groups is 1. The second-order valence-corrected chi connectivity index (χ2v) is 6.45. The van der Waals surface area contributed by atoms with Gasteiger partial charge in [0.15, 0.2) is 0 Å². The van der Waals surface area contributed by atoms with Crippen molar-refractivity contribution in [2.24, 2.45) is 0 Å². The van der Waals surface area contributed by atoms with Gasteiger partial charge in [-0.2, -0.15) is 0 Å². The molecule has 0 saturated carbocycles. The maximum Gasteiger partial charge on any atom is 0.224 e. The van der Waals surface area contributed by atoms with Gasteiger partial charge >= 0.3 is 0 Å². The van der Waals surface area contributed by atoms with E-state index in [2.05, 4.69) is 21.2 Å². The van der Waals surface area contributed by atoms with E-state index in [4.69, 9.17) is 9.47 Å². The molecule has 0 unspecified atom stereocenters. The number of aliphatic hydroxyl groups excluding tert-OH is 1. The first-order valence-electron chi connectivity index (χ1n) is 7.93. The summed E-state index contributed by atoms with van der Waals surface area (Å²) < 4.78 is 11.5. The molecule has 0 heterocycles. The summed E-state index contributed by atoms with van der Waals surface area (Å²) in [5.74, 6) is 1.33. The van der Waals surface area contributed by atoms with Crippen molar-refractivity contribution in [1.29, 1.82) is 0 Å². The second-order valence-electron chi connectivity index (χ2n) is 5.54. The van der Waals surface area contributed by atoms with Crippen LogP contribution in [0.2, 0.25) is 0 Å². The first kappa shape index (κ1) is 19.3.